The van der Waals surface area contributed by atoms with Gasteiger partial charge in [-0.1, -0.05) is 11.6 Å². The maximum absolute atomic E-state index is 11.9. The number of phenolic OH excluding ortho intramolecular Hbond substituents is 1. The molecule has 2 rings (SSSR count). The number of likely N-dealkylation sites (tertiary alicyclic amines) is 1. The van der Waals surface area contributed by atoms with Crippen LogP contribution in [0.4, 0.5) is 0 Å². The van der Waals surface area contributed by atoms with Crippen molar-refractivity contribution >= 4 is 17.5 Å². The lowest BCUT2D eigenvalue weighted by Gasteiger charge is -2.16. The first kappa shape index (κ1) is 11.2. The normalized spacial score (nSPS) is 20.1. The van der Waals surface area contributed by atoms with Gasteiger partial charge in [-0.2, -0.15) is 0 Å². The Morgan fingerprint density at radius 3 is 2.81 bits per heavy atom. The summed E-state index contributed by atoms with van der Waals surface area (Å²) in [6.07, 6.45) is 0.124. The second-order valence-electron chi connectivity index (χ2n) is 3.86. The van der Waals surface area contributed by atoms with Crippen LogP contribution in [0.3, 0.4) is 0 Å². The second kappa shape index (κ2) is 4.31. The maximum Gasteiger partial charge on any atom is 0.257 e. The Hall–Kier alpha value is -1.26. The van der Waals surface area contributed by atoms with Crippen molar-refractivity contribution in [1.82, 2.24) is 4.90 Å². The van der Waals surface area contributed by atoms with Gasteiger partial charge in [0, 0.05) is 18.1 Å². The summed E-state index contributed by atoms with van der Waals surface area (Å²) < 4.78 is 0. The van der Waals surface area contributed by atoms with Gasteiger partial charge in [-0.25, -0.2) is 0 Å². The Bertz CT molecular complexity index is 422. The van der Waals surface area contributed by atoms with E-state index in [1.165, 1.54) is 17.0 Å². The van der Waals surface area contributed by atoms with E-state index in [1.54, 1.807) is 6.07 Å². The van der Waals surface area contributed by atoms with Crippen LogP contribution in [-0.4, -0.2) is 40.2 Å². The average Bonchev–Trinajstić information content (AvgIpc) is 2.64. The maximum atomic E-state index is 11.9. The van der Waals surface area contributed by atoms with Crippen LogP contribution in [0.2, 0.25) is 5.02 Å². The van der Waals surface area contributed by atoms with Gasteiger partial charge in [-0.3, -0.25) is 4.79 Å². The molecule has 1 fully saturated rings. The molecule has 0 unspecified atom stereocenters. The summed E-state index contributed by atoms with van der Waals surface area (Å²) in [4.78, 5) is 13.5. The van der Waals surface area contributed by atoms with Crippen LogP contribution < -0.4 is 0 Å². The Balaban J connectivity index is 2.21. The predicted octanol–water partition coefficient (Wildman–Crippen LogP) is 1.25. The highest BCUT2D eigenvalue weighted by atomic mass is 35.5. The Kier molecular flexibility index (Phi) is 3.03. The molecule has 0 radical (unpaired) electrons. The number of β-amino-alcohol motifs (C(OH)–C–C–N with tert-alkyl or cyclic N) is 1. The van der Waals surface area contributed by atoms with Gasteiger partial charge < -0.3 is 15.1 Å². The fourth-order valence-electron chi connectivity index (χ4n) is 1.78. The van der Waals surface area contributed by atoms with Gasteiger partial charge in [0.05, 0.1) is 11.7 Å². The minimum atomic E-state index is -0.460. The highest BCUT2D eigenvalue weighted by Gasteiger charge is 2.26. The van der Waals surface area contributed by atoms with Gasteiger partial charge in [0.25, 0.3) is 5.91 Å². The topological polar surface area (TPSA) is 60.8 Å². The zero-order valence-corrected chi connectivity index (χ0v) is 9.31. The number of carbonyl (C=O) groups is 1. The highest BCUT2D eigenvalue weighted by molar-refractivity contribution is 6.30. The molecule has 1 aliphatic rings. The third-order valence-electron chi connectivity index (χ3n) is 2.64. The van der Waals surface area contributed by atoms with Crippen molar-refractivity contribution in [1.29, 1.82) is 0 Å². The van der Waals surface area contributed by atoms with E-state index in [0.717, 1.165) is 0 Å². The van der Waals surface area contributed by atoms with Crippen LogP contribution in [0.15, 0.2) is 18.2 Å². The number of nitrogens with zero attached hydrogens (tertiary/aromatic N) is 1. The molecule has 4 nitrogen and oxygen atoms in total. The van der Waals surface area contributed by atoms with Crippen LogP contribution in [0, 0.1) is 0 Å². The number of amides is 1. The van der Waals surface area contributed by atoms with Crippen LogP contribution in [0.5, 0.6) is 5.75 Å². The average molecular weight is 242 g/mol. The Labute approximate surface area is 98.1 Å². The van der Waals surface area contributed by atoms with E-state index in [0.29, 0.717) is 24.5 Å². The van der Waals surface area contributed by atoms with Crippen molar-refractivity contribution in [3.63, 3.8) is 0 Å². The van der Waals surface area contributed by atoms with Gasteiger partial charge in [0.1, 0.15) is 5.75 Å². The summed E-state index contributed by atoms with van der Waals surface area (Å²) in [5.74, 6) is -0.399. The van der Waals surface area contributed by atoms with Crippen molar-refractivity contribution < 1.29 is 15.0 Å². The largest absolute Gasteiger partial charge is 0.507 e. The summed E-state index contributed by atoms with van der Waals surface area (Å²) in [5, 5.41) is 19.3. The smallest absolute Gasteiger partial charge is 0.257 e. The standard InChI is InChI=1S/C11H12ClNO3/c12-7-1-2-9(10(15)5-7)11(16)13-4-3-8(14)6-13/h1-2,5,8,14-15H,3-4,6H2/t8-/m0/s1. The Morgan fingerprint density at radius 1 is 1.50 bits per heavy atom. The number of benzene rings is 1. The van der Waals surface area contributed by atoms with E-state index in [9.17, 15) is 15.0 Å². The number of hydrogen-bond donors (Lipinski definition) is 2. The number of rotatable bonds is 1. The van der Waals surface area contributed by atoms with Crippen LogP contribution in [0.1, 0.15) is 16.8 Å². The second-order valence-corrected chi connectivity index (χ2v) is 4.29. The monoisotopic (exact) mass is 241 g/mol. The molecule has 5 heteroatoms. The van der Waals surface area contributed by atoms with Gasteiger partial charge in [0.15, 0.2) is 0 Å². The molecule has 1 atom stereocenters. The first-order valence-corrected chi connectivity index (χ1v) is 5.41. The van der Waals surface area contributed by atoms with E-state index in [2.05, 4.69) is 0 Å². The molecule has 86 valence electrons. The summed E-state index contributed by atoms with van der Waals surface area (Å²) in [5.41, 5.74) is 0.221. The van der Waals surface area contributed by atoms with Gasteiger partial charge in [0.2, 0.25) is 0 Å². The van der Waals surface area contributed by atoms with Crippen LogP contribution in [-0.2, 0) is 0 Å². The minimum absolute atomic E-state index is 0.126. The number of halogens is 1. The van der Waals surface area contributed by atoms with Crippen molar-refractivity contribution in [3.8, 4) is 5.75 Å². The molecule has 1 amide bonds. The van der Waals surface area contributed by atoms with Crippen molar-refractivity contribution in [2.45, 2.75) is 12.5 Å². The quantitative estimate of drug-likeness (QED) is 0.778. The lowest BCUT2D eigenvalue weighted by Crippen LogP contribution is -2.29. The lowest BCUT2D eigenvalue weighted by molar-refractivity contribution is 0.0762. The molecule has 1 aromatic rings. The molecule has 1 saturated heterocycles. The van der Waals surface area contributed by atoms with Crippen molar-refractivity contribution in [2.24, 2.45) is 0 Å². The highest BCUT2D eigenvalue weighted by Crippen LogP contribution is 2.24. The molecule has 0 saturated carbocycles. The number of aliphatic hydroxyl groups is 1. The van der Waals surface area contributed by atoms with E-state index in [4.69, 9.17) is 11.6 Å². The third-order valence-corrected chi connectivity index (χ3v) is 2.88. The molecule has 1 aliphatic heterocycles. The molecular formula is C11H12ClNO3. The first-order chi connectivity index (χ1) is 7.58. The van der Waals surface area contributed by atoms with Crippen molar-refractivity contribution in [2.75, 3.05) is 13.1 Å². The van der Waals surface area contributed by atoms with Gasteiger partial charge in [-0.05, 0) is 24.6 Å². The van der Waals surface area contributed by atoms with Crippen LogP contribution in [0.25, 0.3) is 0 Å². The molecule has 0 aliphatic carbocycles. The first-order valence-electron chi connectivity index (χ1n) is 5.04. The lowest BCUT2D eigenvalue weighted by atomic mass is 10.2. The molecule has 0 spiro atoms. The molecular weight excluding hydrogens is 230 g/mol. The Morgan fingerprint density at radius 2 is 2.25 bits per heavy atom. The van der Waals surface area contributed by atoms with E-state index < -0.39 is 6.10 Å². The number of hydrogen-bond acceptors (Lipinski definition) is 3. The molecule has 2 N–H and O–H groups in total. The van der Waals surface area contributed by atoms with Gasteiger partial charge in [-0.15, -0.1) is 0 Å². The number of phenols is 1. The van der Waals surface area contributed by atoms with E-state index in [1.807, 2.05) is 0 Å². The molecule has 0 bridgehead atoms. The zero-order chi connectivity index (χ0) is 11.7. The molecule has 1 heterocycles. The zero-order valence-electron chi connectivity index (χ0n) is 8.56. The van der Waals surface area contributed by atoms with E-state index >= 15 is 0 Å². The minimum Gasteiger partial charge on any atom is -0.507 e. The summed E-state index contributed by atoms with van der Waals surface area (Å²) >= 11 is 5.68. The third kappa shape index (κ3) is 2.13. The molecule has 0 aromatic heterocycles. The summed E-state index contributed by atoms with van der Waals surface area (Å²) in [6, 6.07) is 4.38. The summed E-state index contributed by atoms with van der Waals surface area (Å²) in [6.45, 7) is 0.836. The molecule has 1 aromatic carbocycles. The fraction of sp³-hybridized carbons (Fsp3) is 0.364. The number of aromatic hydroxyl groups is 1. The van der Waals surface area contributed by atoms with Crippen LogP contribution >= 0.6 is 11.6 Å². The predicted molar refractivity (Wildman–Crippen MR) is 59.6 cm³/mol. The number of carbonyl (C=O) groups excluding carboxylic acids is 1. The fourth-order valence-corrected chi connectivity index (χ4v) is 1.95. The van der Waals surface area contributed by atoms with E-state index in [-0.39, 0.29) is 17.2 Å². The SMILES string of the molecule is O=C(c1ccc(Cl)cc1O)N1CC[C@H](O)C1. The van der Waals surface area contributed by atoms with Crippen molar-refractivity contribution in [3.05, 3.63) is 28.8 Å². The molecule has 16 heavy (non-hydrogen) atoms. The van der Waals surface area contributed by atoms with Gasteiger partial charge >= 0.3 is 0 Å². The number of aliphatic hydroxyl groups excluding tert-OH is 1. The summed E-state index contributed by atoms with van der Waals surface area (Å²) in [7, 11) is 0.